The van der Waals surface area contributed by atoms with Crippen LogP contribution in [0.2, 0.25) is 0 Å². The molecule has 2 fully saturated rings. The molecular formula is C19H31N7O. The van der Waals surface area contributed by atoms with Gasteiger partial charge in [0.15, 0.2) is 0 Å². The Balaban J connectivity index is 1.40. The van der Waals surface area contributed by atoms with E-state index in [0.29, 0.717) is 5.92 Å². The van der Waals surface area contributed by atoms with Gasteiger partial charge < -0.3 is 13.9 Å². The molecule has 2 aliphatic heterocycles. The first-order valence-electron chi connectivity index (χ1n) is 10.1. The number of hydrogen-bond acceptors (Lipinski definition) is 6. The zero-order chi connectivity index (χ0) is 18.6. The van der Waals surface area contributed by atoms with Gasteiger partial charge in [-0.05, 0) is 26.3 Å². The maximum Gasteiger partial charge on any atom is 0.146 e. The molecule has 0 aromatic carbocycles. The number of piperidine rings is 1. The summed E-state index contributed by atoms with van der Waals surface area (Å²) in [6.45, 7) is 10.7. The number of aryl methyl sites for hydroxylation is 1. The molecule has 0 aliphatic carbocycles. The van der Waals surface area contributed by atoms with Gasteiger partial charge in [0, 0.05) is 51.5 Å². The van der Waals surface area contributed by atoms with Crippen LogP contribution in [0.25, 0.3) is 0 Å². The van der Waals surface area contributed by atoms with Crippen LogP contribution >= 0.6 is 0 Å². The molecule has 8 nitrogen and oxygen atoms in total. The monoisotopic (exact) mass is 373 g/mol. The Labute approximate surface area is 161 Å². The van der Waals surface area contributed by atoms with Crippen LogP contribution in [0, 0.1) is 0 Å². The summed E-state index contributed by atoms with van der Waals surface area (Å²) in [5.74, 6) is 3.79. The summed E-state index contributed by atoms with van der Waals surface area (Å²) in [5.41, 5.74) is 0. The first kappa shape index (κ1) is 18.6. The van der Waals surface area contributed by atoms with Crippen molar-refractivity contribution in [1.29, 1.82) is 0 Å². The highest BCUT2D eigenvalue weighted by Gasteiger charge is 2.27. The van der Waals surface area contributed by atoms with Gasteiger partial charge in [-0.3, -0.25) is 9.80 Å². The van der Waals surface area contributed by atoms with Crippen molar-refractivity contribution in [1.82, 2.24) is 34.1 Å². The fourth-order valence-electron chi connectivity index (χ4n) is 4.22. The maximum atomic E-state index is 5.44. The Morgan fingerprint density at radius 3 is 2.70 bits per heavy atom. The molecule has 1 atom stereocenters. The average molecular weight is 374 g/mol. The Morgan fingerprint density at radius 1 is 1.07 bits per heavy atom. The van der Waals surface area contributed by atoms with Crippen molar-refractivity contribution in [3.63, 3.8) is 0 Å². The summed E-state index contributed by atoms with van der Waals surface area (Å²) in [6, 6.07) is 0. The quantitative estimate of drug-likeness (QED) is 0.759. The van der Waals surface area contributed by atoms with Crippen LogP contribution in [-0.2, 0) is 31.4 Å². The third-order valence-electron chi connectivity index (χ3n) is 5.85. The molecule has 0 spiro atoms. The van der Waals surface area contributed by atoms with Crippen molar-refractivity contribution in [2.75, 3.05) is 39.4 Å². The van der Waals surface area contributed by atoms with E-state index in [2.05, 4.69) is 54.3 Å². The van der Waals surface area contributed by atoms with Crippen LogP contribution in [0.1, 0.15) is 43.2 Å². The summed E-state index contributed by atoms with van der Waals surface area (Å²) in [4.78, 5) is 9.45. The Bertz CT molecular complexity index is 734. The molecule has 2 aliphatic rings. The van der Waals surface area contributed by atoms with E-state index in [1.54, 1.807) is 0 Å². The minimum absolute atomic E-state index is 0.444. The van der Waals surface area contributed by atoms with E-state index in [0.717, 1.165) is 76.5 Å². The molecule has 0 saturated carbocycles. The summed E-state index contributed by atoms with van der Waals surface area (Å²) >= 11 is 0. The lowest BCUT2D eigenvalue weighted by molar-refractivity contribution is 0.0326. The predicted molar refractivity (Wildman–Crippen MR) is 102 cm³/mol. The fraction of sp³-hybridized carbons (Fsp3) is 0.737. The maximum absolute atomic E-state index is 5.44. The normalized spacial score (nSPS) is 22.4. The highest BCUT2D eigenvalue weighted by atomic mass is 16.5. The molecule has 1 unspecified atom stereocenters. The van der Waals surface area contributed by atoms with Gasteiger partial charge in [0.1, 0.15) is 17.5 Å². The number of rotatable bonds is 6. The van der Waals surface area contributed by atoms with E-state index in [-0.39, 0.29) is 0 Å². The van der Waals surface area contributed by atoms with Crippen molar-refractivity contribution >= 4 is 0 Å². The number of likely N-dealkylation sites (tertiary alicyclic amines) is 1. The van der Waals surface area contributed by atoms with Crippen LogP contribution in [0.15, 0.2) is 12.4 Å². The van der Waals surface area contributed by atoms with E-state index >= 15 is 0 Å². The van der Waals surface area contributed by atoms with E-state index in [9.17, 15) is 0 Å². The van der Waals surface area contributed by atoms with Crippen LogP contribution in [-0.4, -0.2) is 73.5 Å². The zero-order valence-corrected chi connectivity index (χ0v) is 16.5. The van der Waals surface area contributed by atoms with Crippen LogP contribution in [0.4, 0.5) is 0 Å². The Kier molecular flexibility index (Phi) is 5.85. The van der Waals surface area contributed by atoms with Gasteiger partial charge in [0.25, 0.3) is 0 Å². The molecule has 4 rings (SSSR count). The summed E-state index contributed by atoms with van der Waals surface area (Å²) in [6.07, 6.45) is 6.35. The molecule has 148 valence electrons. The van der Waals surface area contributed by atoms with Crippen molar-refractivity contribution < 1.29 is 4.74 Å². The SMILES string of the molecule is CCn1ccnc1CN1CCCC(c2nnc(CN3CCOCC3)n2C)C1. The summed E-state index contributed by atoms with van der Waals surface area (Å²) < 4.78 is 9.89. The first-order chi connectivity index (χ1) is 13.2. The third kappa shape index (κ3) is 4.23. The third-order valence-corrected chi connectivity index (χ3v) is 5.85. The highest BCUT2D eigenvalue weighted by Crippen LogP contribution is 2.26. The molecule has 2 aromatic heterocycles. The second kappa shape index (κ2) is 8.50. The minimum Gasteiger partial charge on any atom is -0.379 e. The Morgan fingerprint density at radius 2 is 1.89 bits per heavy atom. The van der Waals surface area contributed by atoms with Crippen LogP contribution < -0.4 is 0 Å². The van der Waals surface area contributed by atoms with Crippen molar-refractivity contribution in [2.45, 2.75) is 45.3 Å². The van der Waals surface area contributed by atoms with Gasteiger partial charge in [0.05, 0.1) is 26.3 Å². The molecule has 2 aromatic rings. The van der Waals surface area contributed by atoms with Gasteiger partial charge in [-0.25, -0.2) is 4.98 Å². The largest absolute Gasteiger partial charge is 0.379 e. The molecule has 2 saturated heterocycles. The molecule has 4 heterocycles. The molecule has 27 heavy (non-hydrogen) atoms. The molecule has 0 N–H and O–H groups in total. The lowest BCUT2D eigenvalue weighted by Crippen LogP contribution is -2.37. The zero-order valence-electron chi connectivity index (χ0n) is 16.5. The summed E-state index contributed by atoms with van der Waals surface area (Å²) in [5, 5.41) is 9.09. The van der Waals surface area contributed by atoms with E-state index in [4.69, 9.17) is 4.74 Å². The minimum atomic E-state index is 0.444. The second-order valence-electron chi connectivity index (χ2n) is 7.63. The first-order valence-corrected chi connectivity index (χ1v) is 10.1. The van der Waals surface area contributed by atoms with Gasteiger partial charge in [0.2, 0.25) is 0 Å². The standard InChI is InChI=1S/C19H31N7O/c1-3-26-8-6-20-17(26)14-25-7-4-5-16(13-25)19-22-21-18(23(19)2)15-24-9-11-27-12-10-24/h6,8,16H,3-5,7,9-15H2,1-2H3. The van der Waals surface area contributed by atoms with Crippen LogP contribution in [0.5, 0.6) is 0 Å². The number of imidazole rings is 1. The number of aromatic nitrogens is 5. The second-order valence-corrected chi connectivity index (χ2v) is 7.63. The van der Waals surface area contributed by atoms with Crippen molar-refractivity contribution in [3.8, 4) is 0 Å². The fourth-order valence-corrected chi connectivity index (χ4v) is 4.22. The van der Waals surface area contributed by atoms with Gasteiger partial charge in [-0.2, -0.15) is 0 Å². The number of hydrogen-bond donors (Lipinski definition) is 0. The average Bonchev–Trinajstić information content (AvgIpc) is 3.29. The van der Waals surface area contributed by atoms with Crippen LogP contribution in [0.3, 0.4) is 0 Å². The van der Waals surface area contributed by atoms with E-state index in [1.165, 1.54) is 12.8 Å². The number of nitrogens with zero attached hydrogens (tertiary/aromatic N) is 7. The highest BCUT2D eigenvalue weighted by molar-refractivity contribution is 5.05. The van der Waals surface area contributed by atoms with Gasteiger partial charge in [-0.15, -0.1) is 10.2 Å². The Hall–Kier alpha value is -1.77. The van der Waals surface area contributed by atoms with Crippen molar-refractivity contribution in [3.05, 3.63) is 29.9 Å². The lowest BCUT2D eigenvalue weighted by Gasteiger charge is -2.32. The van der Waals surface area contributed by atoms with E-state index < -0.39 is 0 Å². The molecule has 0 amide bonds. The topological polar surface area (TPSA) is 64.2 Å². The smallest absolute Gasteiger partial charge is 0.146 e. The van der Waals surface area contributed by atoms with Gasteiger partial charge >= 0.3 is 0 Å². The molecule has 0 radical (unpaired) electrons. The van der Waals surface area contributed by atoms with E-state index in [1.807, 2.05) is 6.20 Å². The predicted octanol–water partition coefficient (Wildman–Crippen LogP) is 1.24. The number of ether oxygens (including phenoxy) is 1. The number of morpholine rings is 1. The lowest BCUT2D eigenvalue weighted by atomic mass is 9.97. The molecular weight excluding hydrogens is 342 g/mol. The van der Waals surface area contributed by atoms with Gasteiger partial charge in [-0.1, -0.05) is 0 Å². The molecule has 8 heteroatoms. The van der Waals surface area contributed by atoms with Crippen molar-refractivity contribution in [2.24, 2.45) is 7.05 Å². The molecule has 0 bridgehead atoms. The summed E-state index contributed by atoms with van der Waals surface area (Å²) in [7, 11) is 2.12.